The van der Waals surface area contributed by atoms with Crippen LogP contribution in [0.4, 0.5) is 11.4 Å². The van der Waals surface area contributed by atoms with Gasteiger partial charge in [0.2, 0.25) is 11.8 Å². The lowest BCUT2D eigenvalue weighted by Crippen LogP contribution is -2.28. The first kappa shape index (κ1) is 19.1. The van der Waals surface area contributed by atoms with Gasteiger partial charge in [0.1, 0.15) is 5.75 Å². The Labute approximate surface area is 161 Å². The summed E-state index contributed by atoms with van der Waals surface area (Å²) in [6.45, 7) is -0.476. The van der Waals surface area contributed by atoms with Gasteiger partial charge >= 0.3 is 5.97 Å². The number of anilines is 2. The third-order valence-corrected chi connectivity index (χ3v) is 4.10. The molecule has 1 N–H and O–H groups in total. The number of benzene rings is 2. The molecule has 0 bridgehead atoms. The van der Waals surface area contributed by atoms with Gasteiger partial charge in [-0.2, -0.15) is 0 Å². The molecule has 3 amide bonds. The van der Waals surface area contributed by atoms with Crippen LogP contribution in [0.1, 0.15) is 23.2 Å². The normalized spacial score (nSPS) is 13.4. The number of carbonyl (C=O) groups is 4. The van der Waals surface area contributed by atoms with E-state index in [4.69, 9.17) is 9.47 Å². The molecule has 1 aliphatic rings. The molecule has 0 radical (unpaired) electrons. The number of hydrogen-bond donors (Lipinski definition) is 1. The van der Waals surface area contributed by atoms with Gasteiger partial charge < -0.3 is 14.8 Å². The van der Waals surface area contributed by atoms with Gasteiger partial charge in [-0.05, 0) is 42.5 Å². The van der Waals surface area contributed by atoms with Crippen LogP contribution in [0, 0.1) is 0 Å². The second-order valence-corrected chi connectivity index (χ2v) is 6.03. The van der Waals surface area contributed by atoms with Crippen molar-refractivity contribution in [2.45, 2.75) is 12.8 Å². The Balaban J connectivity index is 1.58. The van der Waals surface area contributed by atoms with Crippen molar-refractivity contribution in [2.24, 2.45) is 0 Å². The van der Waals surface area contributed by atoms with Gasteiger partial charge in [0, 0.05) is 18.5 Å². The first-order chi connectivity index (χ1) is 13.5. The number of nitrogens with one attached hydrogen (secondary N) is 1. The standard InChI is InChI=1S/C20H18N2O6/c1-27-16-7-5-14(6-8-16)21-17(23)12-28-20(26)13-3-2-4-15(11-13)22-18(24)9-10-19(22)25/h2-8,11H,9-10,12H2,1H3,(H,21,23). The van der Waals surface area contributed by atoms with Crippen molar-refractivity contribution in [1.29, 1.82) is 0 Å². The number of ether oxygens (including phenoxy) is 2. The second-order valence-electron chi connectivity index (χ2n) is 6.03. The molecular weight excluding hydrogens is 364 g/mol. The van der Waals surface area contributed by atoms with E-state index in [0.717, 1.165) is 4.90 Å². The molecule has 0 aliphatic carbocycles. The molecule has 1 heterocycles. The number of rotatable bonds is 6. The molecule has 144 valence electrons. The van der Waals surface area contributed by atoms with Crippen LogP contribution in [0.25, 0.3) is 0 Å². The highest BCUT2D eigenvalue weighted by atomic mass is 16.5. The van der Waals surface area contributed by atoms with Gasteiger partial charge in [0.05, 0.1) is 18.4 Å². The lowest BCUT2D eigenvalue weighted by atomic mass is 10.2. The summed E-state index contributed by atoms with van der Waals surface area (Å²) < 4.78 is 10.0. The third kappa shape index (κ3) is 4.35. The average Bonchev–Trinajstić information content (AvgIpc) is 3.05. The summed E-state index contributed by atoms with van der Waals surface area (Å²) >= 11 is 0. The third-order valence-electron chi connectivity index (χ3n) is 4.10. The minimum absolute atomic E-state index is 0.141. The first-order valence-corrected chi connectivity index (χ1v) is 8.55. The molecular formula is C20H18N2O6. The average molecular weight is 382 g/mol. The smallest absolute Gasteiger partial charge is 0.338 e. The summed E-state index contributed by atoms with van der Waals surface area (Å²) in [5.74, 6) is -1.20. The van der Waals surface area contributed by atoms with Crippen LogP contribution in [0.5, 0.6) is 5.75 Å². The van der Waals surface area contributed by atoms with Crippen molar-refractivity contribution in [1.82, 2.24) is 0 Å². The number of amides is 3. The molecule has 1 aliphatic heterocycles. The fourth-order valence-corrected chi connectivity index (χ4v) is 2.72. The number of esters is 1. The zero-order valence-corrected chi connectivity index (χ0v) is 15.1. The maximum Gasteiger partial charge on any atom is 0.338 e. The van der Waals surface area contributed by atoms with Gasteiger partial charge in [-0.1, -0.05) is 6.07 Å². The number of imide groups is 1. The van der Waals surface area contributed by atoms with Gasteiger partial charge in [0.25, 0.3) is 5.91 Å². The molecule has 2 aromatic rings. The van der Waals surface area contributed by atoms with Crippen molar-refractivity contribution in [2.75, 3.05) is 23.9 Å². The molecule has 28 heavy (non-hydrogen) atoms. The fourth-order valence-electron chi connectivity index (χ4n) is 2.72. The van der Waals surface area contributed by atoms with Crippen LogP contribution in [0.3, 0.4) is 0 Å². The quantitative estimate of drug-likeness (QED) is 0.607. The van der Waals surface area contributed by atoms with Crippen molar-refractivity contribution in [3.8, 4) is 5.75 Å². The fraction of sp³-hybridized carbons (Fsp3) is 0.200. The Hall–Kier alpha value is -3.68. The van der Waals surface area contributed by atoms with Gasteiger partial charge in [-0.15, -0.1) is 0 Å². The highest BCUT2D eigenvalue weighted by molar-refractivity contribution is 6.20. The van der Waals surface area contributed by atoms with Crippen LogP contribution < -0.4 is 15.0 Å². The number of methoxy groups -OCH3 is 1. The Kier molecular flexibility index (Phi) is 5.69. The predicted octanol–water partition coefficient (Wildman–Crippen LogP) is 2.14. The van der Waals surface area contributed by atoms with E-state index in [1.54, 1.807) is 36.4 Å². The molecule has 0 atom stereocenters. The maximum atomic E-state index is 12.2. The molecule has 1 fully saturated rings. The van der Waals surface area contributed by atoms with Gasteiger partial charge in [-0.25, -0.2) is 4.79 Å². The molecule has 8 heteroatoms. The Morgan fingerprint density at radius 2 is 1.71 bits per heavy atom. The Morgan fingerprint density at radius 3 is 2.36 bits per heavy atom. The molecule has 3 rings (SSSR count). The van der Waals surface area contributed by atoms with E-state index in [2.05, 4.69) is 5.32 Å². The zero-order chi connectivity index (χ0) is 20.1. The van der Waals surface area contributed by atoms with E-state index in [0.29, 0.717) is 17.1 Å². The summed E-state index contributed by atoms with van der Waals surface area (Å²) in [7, 11) is 1.54. The minimum Gasteiger partial charge on any atom is -0.497 e. The molecule has 0 unspecified atom stereocenters. The number of nitrogens with zero attached hydrogens (tertiary/aromatic N) is 1. The van der Waals surface area contributed by atoms with Crippen LogP contribution in [-0.4, -0.2) is 37.4 Å². The number of hydrogen-bond acceptors (Lipinski definition) is 6. The summed E-state index contributed by atoms with van der Waals surface area (Å²) in [5.41, 5.74) is 0.988. The summed E-state index contributed by atoms with van der Waals surface area (Å²) in [6.07, 6.45) is 0.304. The molecule has 2 aromatic carbocycles. The van der Waals surface area contributed by atoms with E-state index < -0.39 is 18.5 Å². The van der Waals surface area contributed by atoms with E-state index >= 15 is 0 Å². The summed E-state index contributed by atoms with van der Waals surface area (Å²) in [6, 6.07) is 12.7. The monoisotopic (exact) mass is 382 g/mol. The Morgan fingerprint density at radius 1 is 1.04 bits per heavy atom. The van der Waals surface area contributed by atoms with Crippen molar-refractivity contribution >= 4 is 35.1 Å². The van der Waals surface area contributed by atoms with Crippen LogP contribution in [0.15, 0.2) is 48.5 Å². The minimum atomic E-state index is -0.731. The highest BCUT2D eigenvalue weighted by Gasteiger charge is 2.30. The van der Waals surface area contributed by atoms with E-state index in [9.17, 15) is 19.2 Å². The summed E-state index contributed by atoms with van der Waals surface area (Å²) in [4.78, 5) is 48.9. The molecule has 0 saturated carbocycles. The molecule has 1 saturated heterocycles. The van der Waals surface area contributed by atoms with Crippen molar-refractivity contribution < 1.29 is 28.7 Å². The van der Waals surface area contributed by atoms with Crippen LogP contribution in [-0.2, 0) is 19.1 Å². The predicted molar refractivity (Wildman–Crippen MR) is 100 cm³/mol. The van der Waals surface area contributed by atoms with E-state index in [1.165, 1.54) is 19.2 Å². The van der Waals surface area contributed by atoms with Crippen molar-refractivity contribution in [3.05, 3.63) is 54.1 Å². The van der Waals surface area contributed by atoms with E-state index in [-0.39, 0.29) is 30.2 Å². The largest absolute Gasteiger partial charge is 0.497 e. The second kappa shape index (κ2) is 8.34. The van der Waals surface area contributed by atoms with Crippen molar-refractivity contribution in [3.63, 3.8) is 0 Å². The SMILES string of the molecule is COc1ccc(NC(=O)COC(=O)c2cccc(N3C(=O)CCC3=O)c2)cc1. The van der Waals surface area contributed by atoms with Crippen LogP contribution in [0.2, 0.25) is 0 Å². The number of carbonyl (C=O) groups excluding carboxylic acids is 4. The maximum absolute atomic E-state index is 12.2. The summed E-state index contributed by atoms with van der Waals surface area (Å²) in [5, 5.41) is 2.60. The first-order valence-electron chi connectivity index (χ1n) is 8.55. The topological polar surface area (TPSA) is 102 Å². The lowest BCUT2D eigenvalue weighted by Gasteiger charge is -2.14. The molecule has 0 aromatic heterocycles. The Bertz CT molecular complexity index is 907. The van der Waals surface area contributed by atoms with Gasteiger partial charge in [-0.3, -0.25) is 19.3 Å². The molecule has 0 spiro atoms. The van der Waals surface area contributed by atoms with E-state index in [1.807, 2.05) is 0 Å². The van der Waals surface area contributed by atoms with Crippen LogP contribution >= 0.6 is 0 Å². The molecule has 8 nitrogen and oxygen atoms in total. The zero-order valence-electron chi connectivity index (χ0n) is 15.1. The highest BCUT2D eigenvalue weighted by Crippen LogP contribution is 2.23. The van der Waals surface area contributed by atoms with Gasteiger partial charge in [0.15, 0.2) is 6.61 Å². The lowest BCUT2D eigenvalue weighted by molar-refractivity contribution is -0.121.